The van der Waals surface area contributed by atoms with Gasteiger partial charge in [0.1, 0.15) is 6.04 Å². The predicted octanol–water partition coefficient (Wildman–Crippen LogP) is 1.95. The Hall–Kier alpha value is -2.04. The highest BCUT2D eigenvalue weighted by atomic mass is 16.2. The molecule has 3 N–H and O–H groups in total. The molecule has 104 valence electrons. The number of anilines is 1. The van der Waals surface area contributed by atoms with E-state index in [1.807, 2.05) is 26.0 Å². The maximum atomic E-state index is 11.8. The van der Waals surface area contributed by atoms with Crippen LogP contribution in [-0.4, -0.2) is 24.5 Å². The van der Waals surface area contributed by atoms with Crippen molar-refractivity contribution in [3.8, 4) is 0 Å². The molecule has 0 aliphatic rings. The maximum absolute atomic E-state index is 11.8. The summed E-state index contributed by atoms with van der Waals surface area (Å²) in [5.41, 5.74) is 3.12. The molecule has 0 fully saturated rings. The molecule has 5 heteroatoms. The zero-order valence-electron chi connectivity index (χ0n) is 11.8. The van der Waals surface area contributed by atoms with Gasteiger partial charge >= 0.3 is 6.03 Å². The summed E-state index contributed by atoms with van der Waals surface area (Å²) < 4.78 is 0. The molecule has 0 heterocycles. The molecular weight excluding hydrogens is 242 g/mol. The van der Waals surface area contributed by atoms with Crippen LogP contribution in [0.25, 0.3) is 0 Å². The Labute approximate surface area is 113 Å². The fraction of sp³-hybridized carbons (Fsp3) is 0.429. The van der Waals surface area contributed by atoms with E-state index in [-0.39, 0.29) is 5.91 Å². The van der Waals surface area contributed by atoms with E-state index in [1.165, 1.54) is 0 Å². The molecule has 0 saturated heterocycles. The first kappa shape index (κ1) is 15.0. The van der Waals surface area contributed by atoms with Crippen LogP contribution in [0, 0.1) is 13.8 Å². The van der Waals surface area contributed by atoms with Gasteiger partial charge in [-0.15, -0.1) is 0 Å². The van der Waals surface area contributed by atoms with E-state index in [9.17, 15) is 9.59 Å². The summed E-state index contributed by atoms with van der Waals surface area (Å²) in [4.78, 5) is 23.0. The normalized spacial score (nSPS) is 11.6. The van der Waals surface area contributed by atoms with Crippen molar-refractivity contribution in [1.82, 2.24) is 10.6 Å². The second kappa shape index (κ2) is 6.78. The van der Waals surface area contributed by atoms with Crippen LogP contribution >= 0.6 is 0 Å². The Bertz CT molecular complexity index is 452. The van der Waals surface area contributed by atoms with Crippen LogP contribution in [0.5, 0.6) is 0 Å². The van der Waals surface area contributed by atoms with E-state index in [2.05, 4.69) is 22.0 Å². The minimum absolute atomic E-state index is 0.356. The van der Waals surface area contributed by atoms with Crippen LogP contribution < -0.4 is 16.0 Å². The Kier molecular flexibility index (Phi) is 5.36. The average molecular weight is 263 g/mol. The van der Waals surface area contributed by atoms with Gasteiger partial charge in [0.15, 0.2) is 0 Å². The number of rotatable bonds is 4. The fourth-order valence-corrected chi connectivity index (χ4v) is 1.80. The summed E-state index contributed by atoms with van der Waals surface area (Å²) in [6, 6.07) is 5.03. The smallest absolute Gasteiger partial charge is 0.321 e. The molecule has 0 spiro atoms. The lowest BCUT2D eigenvalue weighted by atomic mass is 10.1. The van der Waals surface area contributed by atoms with Gasteiger partial charge in [0.2, 0.25) is 5.91 Å². The summed E-state index contributed by atoms with van der Waals surface area (Å²) in [7, 11) is 0. The summed E-state index contributed by atoms with van der Waals surface area (Å²) in [5, 5.41) is 7.87. The standard InChI is InChI=1S/C14H21N3O2/c1-5-15-14(19)17-13(18)11(4)16-12-7-9(2)6-10(3)8-12/h6-8,11,16H,5H2,1-4H3,(H2,15,17,18,19)/t11-/m1/s1. The average Bonchev–Trinajstić information content (AvgIpc) is 2.27. The summed E-state index contributed by atoms with van der Waals surface area (Å²) in [5.74, 6) is -0.356. The molecule has 0 aliphatic carbocycles. The third-order valence-corrected chi connectivity index (χ3v) is 2.57. The lowest BCUT2D eigenvalue weighted by Gasteiger charge is -2.15. The van der Waals surface area contributed by atoms with E-state index in [1.54, 1.807) is 13.8 Å². The van der Waals surface area contributed by atoms with Crippen LogP contribution in [0.2, 0.25) is 0 Å². The van der Waals surface area contributed by atoms with Crippen molar-refractivity contribution in [3.63, 3.8) is 0 Å². The van der Waals surface area contributed by atoms with Crippen LogP contribution in [0.4, 0.5) is 10.5 Å². The van der Waals surface area contributed by atoms with Gasteiger partial charge in [-0.05, 0) is 51.0 Å². The quantitative estimate of drug-likeness (QED) is 0.777. The van der Waals surface area contributed by atoms with Gasteiger partial charge in [0.25, 0.3) is 0 Å². The van der Waals surface area contributed by atoms with E-state index in [4.69, 9.17) is 0 Å². The number of urea groups is 1. The van der Waals surface area contributed by atoms with Gasteiger partial charge in [0.05, 0.1) is 0 Å². The lowest BCUT2D eigenvalue weighted by molar-refractivity contribution is -0.120. The van der Waals surface area contributed by atoms with Crippen LogP contribution in [0.1, 0.15) is 25.0 Å². The summed E-state index contributed by atoms with van der Waals surface area (Å²) in [6.07, 6.45) is 0. The van der Waals surface area contributed by atoms with Crippen molar-refractivity contribution < 1.29 is 9.59 Å². The first-order valence-corrected chi connectivity index (χ1v) is 6.36. The summed E-state index contributed by atoms with van der Waals surface area (Å²) in [6.45, 7) is 7.99. The zero-order chi connectivity index (χ0) is 14.4. The molecule has 0 saturated carbocycles. The molecule has 1 rings (SSSR count). The van der Waals surface area contributed by atoms with E-state index in [0.717, 1.165) is 16.8 Å². The lowest BCUT2D eigenvalue weighted by Crippen LogP contribution is -2.45. The van der Waals surface area contributed by atoms with Crippen molar-refractivity contribution in [2.75, 3.05) is 11.9 Å². The fourth-order valence-electron chi connectivity index (χ4n) is 1.80. The molecule has 0 radical (unpaired) electrons. The van der Waals surface area contributed by atoms with Crippen molar-refractivity contribution >= 4 is 17.6 Å². The molecule has 5 nitrogen and oxygen atoms in total. The molecule has 1 aromatic rings. The van der Waals surface area contributed by atoms with Gasteiger partial charge in [-0.1, -0.05) is 6.07 Å². The number of aryl methyl sites for hydroxylation is 2. The van der Waals surface area contributed by atoms with E-state index < -0.39 is 12.1 Å². The minimum atomic E-state index is -0.483. The summed E-state index contributed by atoms with van der Waals surface area (Å²) >= 11 is 0. The van der Waals surface area contributed by atoms with Gasteiger partial charge < -0.3 is 10.6 Å². The third-order valence-electron chi connectivity index (χ3n) is 2.57. The largest absolute Gasteiger partial charge is 0.374 e. The molecule has 0 unspecified atom stereocenters. The monoisotopic (exact) mass is 263 g/mol. The van der Waals surface area contributed by atoms with Crippen LogP contribution in [-0.2, 0) is 4.79 Å². The van der Waals surface area contributed by atoms with Crippen LogP contribution in [0.15, 0.2) is 18.2 Å². The molecule has 1 atom stereocenters. The van der Waals surface area contributed by atoms with Crippen molar-refractivity contribution in [2.45, 2.75) is 33.7 Å². The first-order chi connectivity index (χ1) is 8.92. The molecular formula is C14H21N3O2. The highest BCUT2D eigenvalue weighted by Gasteiger charge is 2.15. The molecule has 0 aliphatic heterocycles. The Morgan fingerprint density at radius 3 is 2.26 bits per heavy atom. The number of hydrogen-bond donors (Lipinski definition) is 3. The highest BCUT2D eigenvalue weighted by Crippen LogP contribution is 2.14. The first-order valence-electron chi connectivity index (χ1n) is 6.36. The molecule has 3 amide bonds. The maximum Gasteiger partial charge on any atom is 0.321 e. The van der Waals surface area contributed by atoms with E-state index in [0.29, 0.717) is 6.54 Å². The number of hydrogen-bond acceptors (Lipinski definition) is 3. The van der Waals surface area contributed by atoms with Gasteiger partial charge in [0, 0.05) is 12.2 Å². The Balaban J connectivity index is 2.60. The minimum Gasteiger partial charge on any atom is -0.374 e. The van der Waals surface area contributed by atoms with Crippen molar-refractivity contribution in [1.29, 1.82) is 0 Å². The van der Waals surface area contributed by atoms with Gasteiger partial charge in [-0.25, -0.2) is 4.79 Å². The molecule has 1 aromatic carbocycles. The Morgan fingerprint density at radius 2 is 1.74 bits per heavy atom. The topological polar surface area (TPSA) is 70.2 Å². The van der Waals surface area contributed by atoms with Crippen molar-refractivity contribution in [3.05, 3.63) is 29.3 Å². The second-order valence-electron chi connectivity index (χ2n) is 4.59. The predicted molar refractivity (Wildman–Crippen MR) is 76.2 cm³/mol. The second-order valence-corrected chi connectivity index (χ2v) is 4.59. The van der Waals surface area contributed by atoms with Crippen LogP contribution in [0.3, 0.4) is 0 Å². The van der Waals surface area contributed by atoms with Crippen molar-refractivity contribution in [2.24, 2.45) is 0 Å². The number of nitrogens with one attached hydrogen (secondary N) is 3. The third kappa shape index (κ3) is 4.99. The number of amides is 3. The number of carbonyl (C=O) groups is 2. The number of carbonyl (C=O) groups excluding carboxylic acids is 2. The molecule has 19 heavy (non-hydrogen) atoms. The number of imide groups is 1. The molecule has 0 aromatic heterocycles. The zero-order valence-corrected chi connectivity index (χ0v) is 11.8. The highest BCUT2D eigenvalue weighted by molar-refractivity contribution is 5.97. The molecule has 0 bridgehead atoms. The Morgan fingerprint density at radius 1 is 1.16 bits per heavy atom. The number of benzene rings is 1. The SMILES string of the molecule is CCNC(=O)NC(=O)[C@@H](C)Nc1cc(C)cc(C)c1. The van der Waals surface area contributed by atoms with Gasteiger partial charge in [-0.2, -0.15) is 0 Å². The van der Waals surface area contributed by atoms with E-state index >= 15 is 0 Å². The van der Waals surface area contributed by atoms with Gasteiger partial charge in [-0.3, -0.25) is 10.1 Å².